The molecule has 3 aromatic rings. The Morgan fingerprint density at radius 2 is 1.54 bits per heavy atom. The Balaban J connectivity index is 2.20. The van der Waals surface area contributed by atoms with Crippen LogP contribution in [0.2, 0.25) is 0 Å². The van der Waals surface area contributed by atoms with Gasteiger partial charge in [0.2, 0.25) is 0 Å². The Hall–Kier alpha value is -2.48. The number of aryl methyl sites for hydroxylation is 4. The summed E-state index contributed by atoms with van der Waals surface area (Å²) in [6, 6.07) is 18.2. The molecule has 0 aliphatic carbocycles. The summed E-state index contributed by atoms with van der Waals surface area (Å²) in [5.41, 5.74) is 7.95. The van der Waals surface area contributed by atoms with Gasteiger partial charge in [-0.3, -0.25) is 0 Å². The van der Waals surface area contributed by atoms with E-state index < -0.39 is 0 Å². The Morgan fingerprint density at radius 3 is 2.21 bits per heavy atom. The van der Waals surface area contributed by atoms with Gasteiger partial charge in [-0.25, -0.2) is 0 Å². The largest absolute Gasteiger partial charge is 0.277 e. The molecule has 2 heteroatoms. The molecule has 2 aromatic heterocycles. The third-order valence-electron chi connectivity index (χ3n) is 5.99. The maximum atomic E-state index is 2.40. The van der Waals surface area contributed by atoms with Gasteiger partial charge in [-0.15, -0.1) is 0 Å². The molecule has 146 valence electrons. The number of benzene rings is 1. The maximum Gasteiger partial charge on any atom is 0.277 e. The summed E-state index contributed by atoms with van der Waals surface area (Å²) in [6.07, 6.45) is 6.70. The van der Waals surface area contributed by atoms with Crippen molar-refractivity contribution < 1.29 is 9.13 Å². The van der Waals surface area contributed by atoms with Gasteiger partial charge in [-0.05, 0) is 43.9 Å². The average Bonchev–Trinajstić information content (AvgIpc) is 2.68. The van der Waals surface area contributed by atoms with Gasteiger partial charge in [0.15, 0.2) is 12.4 Å². The molecule has 0 aliphatic rings. The molecule has 0 amide bonds. The number of aromatic nitrogens is 2. The number of nitrogens with zero attached hydrogens (tertiary/aromatic N) is 2. The zero-order chi connectivity index (χ0) is 20.3. The monoisotopic (exact) mass is 374 g/mol. The first-order valence-corrected chi connectivity index (χ1v) is 10.5. The van der Waals surface area contributed by atoms with Crippen LogP contribution >= 0.6 is 0 Å². The van der Waals surface area contributed by atoms with Gasteiger partial charge < -0.3 is 0 Å². The van der Waals surface area contributed by atoms with Crippen molar-refractivity contribution in [2.75, 3.05) is 0 Å². The van der Waals surface area contributed by atoms with Crippen LogP contribution in [0, 0.1) is 13.8 Å². The standard InChI is InChI=1S/C26H34N2/c1-7-14-26(5,22-11-9-10-20(3)17-22)23-13-15-27(6)24(19-23)25-18-21(4)12-16-28(25)8-2/h9-13,15-19H,7-8,14H2,1-6H3/q+2. The van der Waals surface area contributed by atoms with Crippen LogP contribution in [0.5, 0.6) is 0 Å². The first kappa shape index (κ1) is 20.3. The fraction of sp³-hybridized carbons (Fsp3) is 0.385. The van der Waals surface area contributed by atoms with Crippen molar-refractivity contribution in [3.05, 3.63) is 83.2 Å². The predicted molar refractivity (Wildman–Crippen MR) is 116 cm³/mol. The molecule has 1 atom stereocenters. The van der Waals surface area contributed by atoms with Gasteiger partial charge in [0, 0.05) is 29.7 Å². The Kier molecular flexibility index (Phi) is 5.98. The number of pyridine rings is 2. The molecule has 2 nitrogen and oxygen atoms in total. The Bertz CT molecular complexity index is 974. The van der Waals surface area contributed by atoms with E-state index in [0.29, 0.717) is 0 Å². The third-order valence-corrected chi connectivity index (χ3v) is 5.99. The molecule has 1 aromatic carbocycles. The van der Waals surface area contributed by atoms with E-state index in [0.717, 1.165) is 19.4 Å². The molecule has 0 saturated heterocycles. The lowest BCUT2D eigenvalue weighted by Gasteiger charge is -2.31. The highest BCUT2D eigenvalue weighted by Gasteiger charge is 2.31. The first-order valence-electron chi connectivity index (χ1n) is 10.5. The van der Waals surface area contributed by atoms with Crippen molar-refractivity contribution in [2.45, 2.75) is 59.4 Å². The van der Waals surface area contributed by atoms with Crippen molar-refractivity contribution >= 4 is 0 Å². The molecular formula is C26H34N2+2. The van der Waals surface area contributed by atoms with Crippen LogP contribution < -0.4 is 9.13 Å². The van der Waals surface area contributed by atoms with E-state index in [1.807, 2.05) is 0 Å². The van der Waals surface area contributed by atoms with Crippen LogP contribution in [0.15, 0.2) is 60.9 Å². The van der Waals surface area contributed by atoms with Crippen LogP contribution in [0.3, 0.4) is 0 Å². The Morgan fingerprint density at radius 1 is 0.821 bits per heavy atom. The fourth-order valence-electron chi connectivity index (χ4n) is 4.24. The summed E-state index contributed by atoms with van der Waals surface area (Å²) >= 11 is 0. The molecule has 1 unspecified atom stereocenters. The van der Waals surface area contributed by atoms with Crippen molar-refractivity contribution in [3.8, 4) is 11.4 Å². The molecular weight excluding hydrogens is 340 g/mol. The van der Waals surface area contributed by atoms with E-state index in [1.54, 1.807) is 0 Å². The number of rotatable bonds is 6. The zero-order valence-corrected chi connectivity index (χ0v) is 18.3. The summed E-state index contributed by atoms with van der Waals surface area (Å²) < 4.78 is 4.57. The van der Waals surface area contributed by atoms with E-state index in [4.69, 9.17) is 0 Å². The molecule has 3 rings (SSSR count). The fourth-order valence-corrected chi connectivity index (χ4v) is 4.24. The molecule has 0 aliphatic heterocycles. The van der Waals surface area contributed by atoms with Gasteiger partial charge in [-0.2, -0.15) is 9.13 Å². The molecule has 2 heterocycles. The van der Waals surface area contributed by atoms with Crippen molar-refractivity contribution in [3.63, 3.8) is 0 Å². The summed E-state index contributed by atoms with van der Waals surface area (Å²) in [5, 5.41) is 0. The Labute approximate surface area is 170 Å². The lowest BCUT2D eigenvalue weighted by atomic mass is 9.73. The van der Waals surface area contributed by atoms with Crippen molar-refractivity contribution in [2.24, 2.45) is 7.05 Å². The second-order valence-electron chi connectivity index (χ2n) is 8.24. The van der Waals surface area contributed by atoms with E-state index in [9.17, 15) is 0 Å². The van der Waals surface area contributed by atoms with E-state index in [1.165, 1.54) is 33.6 Å². The van der Waals surface area contributed by atoms with Gasteiger partial charge in [-0.1, -0.05) is 50.1 Å². The maximum absolute atomic E-state index is 2.40. The van der Waals surface area contributed by atoms with Gasteiger partial charge in [0.25, 0.3) is 11.4 Å². The smallest absolute Gasteiger partial charge is 0.196 e. The number of hydrogen-bond acceptors (Lipinski definition) is 0. The minimum Gasteiger partial charge on any atom is -0.196 e. The summed E-state index contributed by atoms with van der Waals surface area (Å²) in [5.74, 6) is 0. The molecule has 0 N–H and O–H groups in total. The predicted octanol–water partition coefficient (Wildman–Crippen LogP) is 5.21. The highest BCUT2D eigenvalue weighted by atomic mass is 15.0. The molecule has 0 spiro atoms. The molecule has 0 radical (unpaired) electrons. The minimum absolute atomic E-state index is 0.00461. The molecule has 0 fully saturated rings. The highest BCUT2D eigenvalue weighted by molar-refractivity contribution is 5.52. The van der Waals surface area contributed by atoms with Gasteiger partial charge in [0.05, 0.1) is 0 Å². The normalized spacial score (nSPS) is 13.4. The topological polar surface area (TPSA) is 7.76 Å². The lowest BCUT2D eigenvalue weighted by molar-refractivity contribution is -0.703. The van der Waals surface area contributed by atoms with E-state index >= 15 is 0 Å². The zero-order valence-electron chi connectivity index (χ0n) is 18.3. The average molecular weight is 375 g/mol. The number of hydrogen-bond donors (Lipinski definition) is 0. The minimum atomic E-state index is 0.00461. The van der Waals surface area contributed by atoms with Crippen LogP contribution in [-0.4, -0.2) is 0 Å². The third kappa shape index (κ3) is 3.87. The van der Waals surface area contributed by atoms with Crippen LogP contribution in [0.25, 0.3) is 11.4 Å². The van der Waals surface area contributed by atoms with Crippen LogP contribution in [0.1, 0.15) is 55.9 Å². The summed E-state index contributed by atoms with van der Waals surface area (Å²) in [7, 11) is 2.14. The van der Waals surface area contributed by atoms with Crippen LogP contribution in [-0.2, 0) is 19.0 Å². The second-order valence-corrected chi connectivity index (χ2v) is 8.24. The molecule has 0 saturated carbocycles. The van der Waals surface area contributed by atoms with Crippen molar-refractivity contribution in [1.29, 1.82) is 0 Å². The van der Waals surface area contributed by atoms with Crippen molar-refractivity contribution in [1.82, 2.24) is 0 Å². The SMILES string of the molecule is CCCC(C)(c1cccc(C)c1)c1cc[n+](C)c(-c2cc(C)cc[n+]2CC)c1. The quantitative estimate of drug-likeness (QED) is 0.523. The lowest BCUT2D eigenvalue weighted by Crippen LogP contribution is -2.41. The first-order chi connectivity index (χ1) is 13.4. The second kappa shape index (κ2) is 8.26. The molecule has 28 heavy (non-hydrogen) atoms. The van der Waals surface area contributed by atoms with Crippen LogP contribution in [0.4, 0.5) is 0 Å². The van der Waals surface area contributed by atoms with E-state index in [2.05, 4.69) is 112 Å². The molecule has 0 bridgehead atoms. The summed E-state index contributed by atoms with van der Waals surface area (Å²) in [6.45, 7) is 12.2. The van der Waals surface area contributed by atoms with Gasteiger partial charge >= 0.3 is 0 Å². The van der Waals surface area contributed by atoms with Gasteiger partial charge in [0.1, 0.15) is 13.6 Å². The highest BCUT2D eigenvalue weighted by Crippen LogP contribution is 2.37. The van der Waals surface area contributed by atoms with E-state index in [-0.39, 0.29) is 5.41 Å². The summed E-state index contributed by atoms with van der Waals surface area (Å²) in [4.78, 5) is 0.